The molecule has 16 heavy (non-hydrogen) atoms. The topological polar surface area (TPSA) is 30.0 Å². The number of aromatic nitrogens is 1. The minimum Gasteiger partial charge on any atom is -0.294 e. The molecule has 0 aliphatic rings. The Morgan fingerprint density at radius 2 is 2.19 bits per heavy atom. The SMILES string of the molecule is O=C(CCCCl)c1ccc2cccnc2c1. The minimum absolute atomic E-state index is 0.133. The van der Waals surface area contributed by atoms with Crippen LogP contribution in [-0.2, 0) is 0 Å². The Bertz CT molecular complexity index is 510. The van der Waals surface area contributed by atoms with E-state index < -0.39 is 0 Å². The maximum absolute atomic E-state index is 11.8. The van der Waals surface area contributed by atoms with E-state index in [0.717, 1.165) is 22.9 Å². The van der Waals surface area contributed by atoms with Crippen LogP contribution in [0.15, 0.2) is 36.5 Å². The van der Waals surface area contributed by atoms with Crippen molar-refractivity contribution in [3.8, 4) is 0 Å². The molecule has 82 valence electrons. The van der Waals surface area contributed by atoms with E-state index in [1.807, 2.05) is 30.3 Å². The Morgan fingerprint density at radius 1 is 1.31 bits per heavy atom. The van der Waals surface area contributed by atoms with Gasteiger partial charge < -0.3 is 0 Å². The van der Waals surface area contributed by atoms with Crippen molar-refractivity contribution >= 4 is 28.3 Å². The van der Waals surface area contributed by atoms with Crippen molar-refractivity contribution in [3.63, 3.8) is 0 Å². The molecule has 2 rings (SSSR count). The second-order valence-electron chi connectivity index (χ2n) is 3.63. The van der Waals surface area contributed by atoms with Crippen LogP contribution in [0.1, 0.15) is 23.2 Å². The number of alkyl halides is 1. The molecule has 0 saturated carbocycles. The lowest BCUT2D eigenvalue weighted by Crippen LogP contribution is -1.99. The summed E-state index contributed by atoms with van der Waals surface area (Å²) in [6.45, 7) is 0. The van der Waals surface area contributed by atoms with Crippen LogP contribution < -0.4 is 0 Å². The van der Waals surface area contributed by atoms with E-state index in [9.17, 15) is 4.79 Å². The molecule has 1 aromatic heterocycles. The number of fused-ring (bicyclic) bond motifs is 1. The molecule has 2 aromatic rings. The Balaban J connectivity index is 2.28. The molecule has 3 heteroatoms. The first-order chi connectivity index (χ1) is 7.81. The molecule has 0 fully saturated rings. The zero-order chi connectivity index (χ0) is 11.4. The third kappa shape index (κ3) is 2.39. The minimum atomic E-state index is 0.133. The van der Waals surface area contributed by atoms with Gasteiger partial charge in [0.2, 0.25) is 0 Å². The van der Waals surface area contributed by atoms with E-state index in [-0.39, 0.29) is 5.78 Å². The van der Waals surface area contributed by atoms with Crippen molar-refractivity contribution < 1.29 is 4.79 Å². The van der Waals surface area contributed by atoms with E-state index in [1.54, 1.807) is 6.20 Å². The summed E-state index contributed by atoms with van der Waals surface area (Å²) in [6, 6.07) is 9.48. The summed E-state index contributed by atoms with van der Waals surface area (Å²) in [5.41, 5.74) is 1.58. The standard InChI is InChI=1S/C13H12ClNO/c14-7-1-4-13(16)11-6-5-10-3-2-8-15-12(10)9-11/h2-3,5-6,8-9H,1,4,7H2. The predicted octanol–water partition coefficient (Wildman–Crippen LogP) is 3.44. The maximum Gasteiger partial charge on any atom is 0.162 e. The molecule has 0 spiro atoms. The molecule has 0 aliphatic heterocycles. The fourth-order valence-corrected chi connectivity index (χ4v) is 1.75. The Kier molecular flexibility index (Phi) is 3.52. The van der Waals surface area contributed by atoms with Gasteiger partial charge in [0.1, 0.15) is 0 Å². The molecule has 0 aliphatic carbocycles. The van der Waals surface area contributed by atoms with Gasteiger partial charge in [-0.3, -0.25) is 9.78 Å². The van der Waals surface area contributed by atoms with Gasteiger partial charge in [0, 0.05) is 29.4 Å². The summed E-state index contributed by atoms with van der Waals surface area (Å²) in [6.07, 6.45) is 2.96. The lowest BCUT2D eigenvalue weighted by Gasteiger charge is -2.01. The second-order valence-corrected chi connectivity index (χ2v) is 4.00. The number of benzene rings is 1. The predicted molar refractivity (Wildman–Crippen MR) is 66.0 cm³/mol. The lowest BCUT2D eigenvalue weighted by atomic mass is 10.0. The number of carbonyl (C=O) groups is 1. The van der Waals surface area contributed by atoms with Crippen molar-refractivity contribution in [2.45, 2.75) is 12.8 Å². The highest BCUT2D eigenvalue weighted by molar-refractivity contribution is 6.18. The molecular formula is C13H12ClNO. The van der Waals surface area contributed by atoms with Gasteiger partial charge in [-0.2, -0.15) is 0 Å². The second kappa shape index (κ2) is 5.08. The number of hydrogen-bond acceptors (Lipinski definition) is 2. The summed E-state index contributed by atoms with van der Waals surface area (Å²) in [7, 11) is 0. The Hall–Kier alpha value is -1.41. The van der Waals surface area contributed by atoms with Crippen molar-refractivity contribution in [2.75, 3.05) is 5.88 Å². The number of nitrogens with zero attached hydrogens (tertiary/aromatic N) is 1. The smallest absolute Gasteiger partial charge is 0.162 e. The zero-order valence-corrected chi connectivity index (χ0v) is 9.57. The molecule has 0 unspecified atom stereocenters. The van der Waals surface area contributed by atoms with Gasteiger partial charge in [0.15, 0.2) is 5.78 Å². The van der Waals surface area contributed by atoms with Crippen LogP contribution in [0.4, 0.5) is 0 Å². The van der Waals surface area contributed by atoms with Crippen molar-refractivity contribution in [2.24, 2.45) is 0 Å². The van der Waals surface area contributed by atoms with Gasteiger partial charge in [-0.1, -0.05) is 18.2 Å². The van der Waals surface area contributed by atoms with Gasteiger partial charge in [-0.25, -0.2) is 0 Å². The molecular weight excluding hydrogens is 222 g/mol. The molecule has 0 atom stereocenters. The first kappa shape index (κ1) is 11.1. The number of hydrogen-bond donors (Lipinski definition) is 0. The zero-order valence-electron chi connectivity index (χ0n) is 8.82. The summed E-state index contributed by atoms with van der Waals surface area (Å²) >= 11 is 5.56. The fraction of sp³-hybridized carbons (Fsp3) is 0.231. The third-order valence-corrected chi connectivity index (χ3v) is 2.73. The van der Waals surface area contributed by atoms with E-state index >= 15 is 0 Å². The summed E-state index contributed by atoms with van der Waals surface area (Å²) < 4.78 is 0. The van der Waals surface area contributed by atoms with Gasteiger partial charge in [-0.05, 0) is 18.6 Å². The monoisotopic (exact) mass is 233 g/mol. The highest BCUT2D eigenvalue weighted by Crippen LogP contribution is 2.15. The first-order valence-corrected chi connectivity index (χ1v) is 5.78. The van der Waals surface area contributed by atoms with Crippen molar-refractivity contribution in [3.05, 3.63) is 42.1 Å². The average Bonchev–Trinajstić information content (AvgIpc) is 2.35. The van der Waals surface area contributed by atoms with Gasteiger partial charge in [-0.15, -0.1) is 11.6 Å². The Labute approximate surface area is 99.3 Å². The van der Waals surface area contributed by atoms with Crippen molar-refractivity contribution in [1.82, 2.24) is 4.98 Å². The largest absolute Gasteiger partial charge is 0.294 e. The van der Waals surface area contributed by atoms with Crippen LogP contribution >= 0.6 is 11.6 Å². The van der Waals surface area contributed by atoms with Gasteiger partial charge in [0.25, 0.3) is 0 Å². The molecule has 0 N–H and O–H groups in total. The van der Waals surface area contributed by atoms with Crippen LogP contribution in [0.25, 0.3) is 10.9 Å². The number of Topliss-reactive ketones (excluding diaryl/α,β-unsaturated/α-hetero) is 1. The maximum atomic E-state index is 11.8. The van der Waals surface area contributed by atoms with E-state index in [0.29, 0.717) is 12.3 Å². The fourth-order valence-electron chi connectivity index (χ4n) is 1.61. The van der Waals surface area contributed by atoms with Crippen LogP contribution in [-0.4, -0.2) is 16.6 Å². The molecule has 0 bridgehead atoms. The number of rotatable bonds is 4. The highest BCUT2D eigenvalue weighted by atomic mass is 35.5. The van der Waals surface area contributed by atoms with Crippen LogP contribution in [0.5, 0.6) is 0 Å². The third-order valence-electron chi connectivity index (χ3n) is 2.47. The normalized spacial score (nSPS) is 10.6. The van der Waals surface area contributed by atoms with Gasteiger partial charge >= 0.3 is 0 Å². The molecule has 0 amide bonds. The van der Waals surface area contributed by atoms with Crippen LogP contribution in [0.3, 0.4) is 0 Å². The van der Waals surface area contributed by atoms with Crippen molar-refractivity contribution in [1.29, 1.82) is 0 Å². The van der Waals surface area contributed by atoms with E-state index in [2.05, 4.69) is 4.98 Å². The van der Waals surface area contributed by atoms with E-state index in [4.69, 9.17) is 11.6 Å². The van der Waals surface area contributed by atoms with Gasteiger partial charge in [0.05, 0.1) is 5.52 Å². The molecule has 1 aromatic carbocycles. The summed E-state index contributed by atoms with van der Waals surface area (Å²) in [4.78, 5) is 16.0. The number of carbonyl (C=O) groups excluding carboxylic acids is 1. The average molecular weight is 234 g/mol. The summed E-state index contributed by atoms with van der Waals surface area (Å²) in [5.74, 6) is 0.658. The summed E-state index contributed by atoms with van der Waals surface area (Å²) in [5, 5.41) is 1.05. The molecule has 0 radical (unpaired) electrons. The number of ketones is 1. The molecule has 2 nitrogen and oxygen atoms in total. The number of pyridine rings is 1. The Morgan fingerprint density at radius 3 is 3.00 bits per heavy atom. The quantitative estimate of drug-likeness (QED) is 0.598. The lowest BCUT2D eigenvalue weighted by molar-refractivity contribution is 0.0982. The van der Waals surface area contributed by atoms with E-state index in [1.165, 1.54) is 0 Å². The molecule has 1 heterocycles. The number of halogens is 1. The highest BCUT2D eigenvalue weighted by Gasteiger charge is 2.06. The first-order valence-electron chi connectivity index (χ1n) is 5.25. The molecule has 0 saturated heterocycles. The van der Waals surface area contributed by atoms with Crippen LogP contribution in [0, 0.1) is 0 Å². The van der Waals surface area contributed by atoms with Crippen LogP contribution in [0.2, 0.25) is 0 Å².